The summed E-state index contributed by atoms with van der Waals surface area (Å²) in [6, 6.07) is 5.73. The van der Waals surface area contributed by atoms with E-state index >= 15 is 0 Å². The molecule has 272 valence electrons. The van der Waals surface area contributed by atoms with E-state index in [1.807, 2.05) is 6.07 Å². The van der Waals surface area contributed by atoms with Crippen LogP contribution in [0.15, 0.2) is 36.9 Å². The fraction of sp³-hybridized carbons (Fsp3) is 0.658. The van der Waals surface area contributed by atoms with E-state index in [1.54, 1.807) is 11.0 Å². The SMILES string of the molecule is C=C[C@@H]1C[C@]1(NC(=O)[C@@H]1C[C@@H]2CN1[C@H](C1CCCCC1)NC(C)CCCC/C=C/c1cccc3c1CN(C3)C(=O)O2)C(=O)NS(=O)(=O)C1CC1. The first kappa shape index (κ1) is 35.2. The molecule has 3 aliphatic heterocycles. The van der Waals surface area contributed by atoms with Gasteiger partial charge in [0, 0.05) is 31.5 Å². The van der Waals surface area contributed by atoms with Crippen LogP contribution in [0.4, 0.5) is 4.79 Å². The molecule has 2 unspecified atom stereocenters. The summed E-state index contributed by atoms with van der Waals surface area (Å²) in [5.74, 6) is -1.11. The third-order valence-corrected chi connectivity index (χ3v) is 13.7. The van der Waals surface area contributed by atoms with Gasteiger partial charge >= 0.3 is 6.09 Å². The van der Waals surface area contributed by atoms with Crippen LogP contribution in [0.5, 0.6) is 0 Å². The first-order valence-electron chi connectivity index (χ1n) is 18.8. The Morgan fingerprint density at radius 3 is 2.58 bits per heavy atom. The van der Waals surface area contributed by atoms with Gasteiger partial charge in [0.05, 0.1) is 24.0 Å². The number of ether oxygens (including phenoxy) is 1. The molecule has 50 heavy (non-hydrogen) atoms. The Kier molecular flexibility index (Phi) is 10.2. The van der Waals surface area contributed by atoms with Crippen molar-refractivity contribution in [2.24, 2.45) is 11.8 Å². The maximum atomic E-state index is 14.5. The summed E-state index contributed by atoms with van der Waals surface area (Å²) < 4.78 is 34.0. The van der Waals surface area contributed by atoms with Crippen LogP contribution in [0.1, 0.15) is 107 Å². The summed E-state index contributed by atoms with van der Waals surface area (Å²) in [6.07, 6.45) is 16.3. The van der Waals surface area contributed by atoms with Gasteiger partial charge in [-0.1, -0.05) is 62.1 Å². The average molecular weight is 708 g/mol. The highest BCUT2D eigenvalue weighted by Crippen LogP contribution is 2.46. The zero-order valence-electron chi connectivity index (χ0n) is 29.3. The van der Waals surface area contributed by atoms with Gasteiger partial charge in [-0.05, 0) is 80.9 Å². The third-order valence-electron chi connectivity index (χ3n) is 11.9. The lowest BCUT2D eigenvalue weighted by Crippen LogP contribution is -2.60. The fourth-order valence-corrected chi connectivity index (χ4v) is 10.1. The van der Waals surface area contributed by atoms with E-state index in [0.29, 0.717) is 38.4 Å². The standard InChI is InChI=1S/C38H53N5O6S/c1-3-29-21-38(29,36(45)41-50(47,48)31-18-19-31)40-35(44)33-20-30-23-43(33)34(27-14-9-6-10-15-27)39-25(2)12-7-4-5-8-13-26-16-11-17-28-22-42(24-32(26)28)37(46)49-30/h3,8,11,13,16-17,25,27,29-31,33-34,39H,1,4-7,9-10,12,14-15,18-24H2,2H3,(H,40,44)(H,41,45)/b13-8+/t25?,29-,30-,33+,34-,38-/m1/s1. The van der Waals surface area contributed by atoms with Crippen molar-refractivity contribution < 1.29 is 27.5 Å². The fourth-order valence-electron chi connectivity index (χ4n) is 8.69. The molecule has 12 heteroatoms. The summed E-state index contributed by atoms with van der Waals surface area (Å²) in [7, 11) is -3.80. The van der Waals surface area contributed by atoms with Gasteiger partial charge in [0.2, 0.25) is 15.9 Å². The number of nitrogens with one attached hydrogen (secondary N) is 3. The van der Waals surface area contributed by atoms with E-state index in [1.165, 1.54) is 6.42 Å². The van der Waals surface area contributed by atoms with Crippen molar-refractivity contribution >= 4 is 34.0 Å². The van der Waals surface area contributed by atoms with E-state index < -0.39 is 45.0 Å². The summed E-state index contributed by atoms with van der Waals surface area (Å²) >= 11 is 0. The van der Waals surface area contributed by atoms with E-state index in [4.69, 9.17) is 4.74 Å². The molecule has 7 rings (SSSR count). The van der Waals surface area contributed by atoms with Gasteiger partial charge in [-0.15, -0.1) is 6.58 Å². The Labute approximate surface area is 296 Å². The van der Waals surface area contributed by atoms with E-state index in [0.717, 1.165) is 68.1 Å². The molecular weight excluding hydrogens is 655 g/mol. The summed E-state index contributed by atoms with van der Waals surface area (Å²) in [4.78, 5) is 45.6. The van der Waals surface area contributed by atoms with Gasteiger partial charge in [-0.25, -0.2) is 13.2 Å². The van der Waals surface area contributed by atoms with Crippen molar-refractivity contribution in [3.05, 3.63) is 53.6 Å². The van der Waals surface area contributed by atoms with Crippen molar-refractivity contribution in [3.8, 4) is 0 Å². The molecule has 1 aromatic carbocycles. The van der Waals surface area contributed by atoms with Crippen molar-refractivity contribution in [3.63, 3.8) is 0 Å². The zero-order valence-corrected chi connectivity index (χ0v) is 30.1. The molecule has 4 bridgehead atoms. The monoisotopic (exact) mass is 707 g/mol. The normalized spacial score (nSPS) is 34.2. The number of allylic oxidation sites excluding steroid dienone is 1. The lowest BCUT2D eigenvalue weighted by molar-refractivity contribution is -0.133. The molecule has 4 fully saturated rings. The van der Waals surface area contributed by atoms with E-state index in [2.05, 4.69) is 58.0 Å². The van der Waals surface area contributed by atoms with Crippen LogP contribution in [0.3, 0.4) is 0 Å². The second-order valence-electron chi connectivity index (χ2n) is 15.6. The van der Waals surface area contributed by atoms with Gasteiger partial charge in [-0.3, -0.25) is 29.4 Å². The molecule has 3 saturated carbocycles. The number of rotatable bonds is 7. The molecule has 3 N–H and O–H groups in total. The molecule has 3 aliphatic carbocycles. The minimum absolute atomic E-state index is 0.114. The number of sulfonamides is 1. The number of amides is 3. The predicted molar refractivity (Wildman–Crippen MR) is 191 cm³/mol. The van der Waals surface area contributed by atoms with Crippen molar-refractivity contribution in [1.82, 2.24) is 25.2 Å². The second-order valence-corrected chi connectivity index (χ2v) is 17.5. The van der Waals surface area contributed by atoms with Crippen LogP contribution in [-0.2, 0) is 37.4 Å². The third kappa shape index (κ3) is 7.39. The van der Waals surface area contributed by atoms with E-state index in [-0.39, 0.29) is 36.9 Å². The Morgan fingerprint density at radius 2 is 1.84 bits per heavy atom. The maximum Gasteiger partial charge on any atom is 0.410 e. The lowest BCUT2D eigenvalue weighted by atomic mass is 9.85. The van der Waals surface area contributed by atoms with Gasteiger partial charge in [0.15, 0.2) is 0 Å². The number of carbonyl (C=O) groups is 3. The van der Waals surface area contributed by atoms with Crippen LogP contribution in [0, 0.1) is 11.8 Å². The molecule has 11 nitrogen and oxygen atoms in total. The molecular formula is C38H53N5O6S. The minimum atomic E-state index is -3.80. The highest BCUT2D eigenvalue weighted by Gasteiger charge is 2.62. The first-order chi connectivity index (χ1) is 24.1. The zero-order chi connectivity index (χ0) is 35.0. The topological polar surface area (TPSA) is 137 Å². The van der Waals surface area contributed by atoms with Crippen molar-refractivity contribution in [2.75, 3.05) is 6.54 Å². The maximum absolute atomic E-state index is 14.5. The molecule has 1 aromatic rings. The number of hydrogen-bond acceptors (Lipinski definition) is 8. The number of benzene rings is 1. The molecule has 3 heterocycles. The van der Waals surface area contributed by atoms with E-state index in [9.17, 15) is 22.8 Å². The summed E-state index contributed by atoms with van der Waals surface area (Å²) in [6.45, 7) is 7.41. The summed E-state index contributed by atoms with van der Waals surface area (Å²) in [5, 5.41) is 6.38. The van der Waals surface area contributed by atoms with Crippen LogP contribution in [0.25, 0.3) is 6.08 Å². The van der Waals surface area contributed by atoms with Gasteiger partial charge in [-0.2, -0.15) is 0 Å². The van der Waals surface area contributed by atoms with Crippen LogP contribution >= 0.6 is 0 Å². The molecule has 7 atom stereocenters. The summed E-state index contributed by atoms with van der Waals surface area (Å²) in [5.41, 5.74) is 2.03. The largest absolute Gasteiger partial charge is 0.445 e. The Hall–Kier alpha value is -3.22. The van der Waals surface area contributed by atoms with Gasteiger partial charge in [0.1, 0.15) is 11.6 Å². The van der Waals surface area contributed by atoms with Crippen molar-refractivity contribution in [1.29, 1.82) is 0 Å². The smallest absolute Gasteiger partial charge is 0.410 e. The molecule has 0 spiro atoms. The Balaban J connectivity index is 1.16. The van der Waals surface area contributed by atoms with Crippen molar-refractivity contribution in [2.45, 2.75) is 139 Å². The molecule has 0 radical (unpaired) electrons. The quantitative estimate of drug-likeness (QED) is 0.347. The average Bonchev–Trinajstić information content (AvgIpc) is 3.99. The van der Waals surface area contributed by atoms with Gasteiger partial charge < -0.3 is 10.1 Å². The number of carbonyl (C=O) groups excluding carboxylic acids is 3. The highest BCUT2D eigenvalue weighted by atomic mass is 32.2. The molecule has 6 aliphatic rings. The number of fused-ring (bicyclic) bond motifs is 3. The number of nitrogens with zero attached hydrogens (tertiary/aromatic N) is 2. The number of hydrogen-bond donors (Lipinski definition) is 3. The van der Waals surface area contributed by atoms with Crippen LogP contribution < -0.4 is 15.4 Å². The highest BCUT2D eigenvalue weighted by molar-refractivity contribution is 7.91. The Bertz CT molecular complexity index is 1620. The minimum Gasteiger partial charge on any atom is -0.445 e. The molecule has 0 aromatic heterocycles. The molecule has 3 amide bonds. The molecule has 1 saturated heterocycles. The van der Waals surface area contributed by atoms with Gasteiger partial charge in [0.25, 0.3) is 5.91 Å². The predicted octanol–water partition coefficient (Wildman–Crippen LogP) is 4.72. The first-order valence-corrected chi connectivity index (χ1v) is 20.4. The Morgan fingerprint density at radius 1 is 1.06 bits per heavy atom. The van der Waals surface area contributed by atoms with Crippen LogP contribution in [-0.4, -0.2) is 77.8 Å². The van der Waals surface area contributed by atoms with Crippen LogP contribution in [0.2, 0.25) is 0 Å². The lowest BCUT2D eigenvalue weighted by Gasteiger charge is -2.41. The second kappa shape index (κ2) is 14.4.